The monoisotopic (exact) mass is 433 g/mol. The molecule has 0 aliphatic rings. The highest BCUT2D eigenvalue weighted by Gasteiger charge is 2.26. The van der Waals surface area contributed by atoms with Crippen LogP contribution in [0.25, 0.3) is 0 Å². The highest BCUT2D eigenvalue weighted by atomic mass is 35.5. The first-order valence-corrected chi connectivity index (χ1v) is 9.93. The highest BCUT2D eigenvalue weighted by molar-refractivity contribution is 6.30. The summed E-state index contributed by atoms with van der Waals surface area (Å²) < 4.78 is 13.1. The largest absolute Gasteiger partial charge is 0.369 e. The Balaban J connectivity index is 2.00. The van der Waals surface area contributed by atoms with Gasteiger partial charge < -0.3 is 16.4 Å². The lowest BCUT2D eigenvalue weighted by Crippen LogP contribution is -2.51. The van der Waals surface area contributed by atoms with Gasteiger partial charge in [0.2, 0.25) is 11.8 Å². The van der Waals surface area contributed by atoms with E-state index in [4.69, 9.17) is 17.3 Å². The second-order valence-electron chi connectivity index (χ2n) is 7.38. The van der Waals surface area contributed by atoms with Gasteiger partial charge in [0, 0.05) is 17.1 Å². The number of carbonyl (C=O) groups excluding carboxylic acids is 3. The summed E-state index contributed by atoms with van der Waals surface area (Å²) in [4.78, 5) is 36.9. The van der Waals surface area contributed by atoms with E-state index in [0.29, 0.717) is 10.6 Å². The number of hydrogen-bond donors (Lipinski definition) is 3. The van der Waals surface area contributed by atoms with E-state index in [9.17, 15) is 18.8 Å². The second kappa shape index (κ2) is 10.7. The highest BCUT2D eigenvalue weighted by Crippen LogP contribution is 2.12. The van der Waals surface area contributed by atoms with E-state index in [1.165, 1.54) is 12.1 Å². The molecule has 3 amide bonds. The van der Waals surface area contributed by atoms with Crippen molar-refractivity contribution in [1.82, 2.24) is 10.6 Å². The number of benzene rings is 2. The third-order valence-corrected chi connectivity index (χ3v) is 4.91. The molecule has 0 radical (unpaired) electrons. The molecule has 0 spiro atoms. The van der Waals surface area contributed by atoms with Gasteiger partial charge in [-0.3, -0.25) is 14.4 Å². The summed E-state index contributed by atoms with van der Waals surface area (Å²) in [5, 5.41) is 5.91. The van der Waals surface area contributed by atoms with Crippen molar-refractivity contribution >= 4 is 29.3 Å². The Morgan fingerprint density at radius 3 is 2.17 bits per heavy atom. The fourth-order valence-corrected chi connectivity index (χ4v) is 3.00. The number of carbonyl (C=O) groups is 3. The maximum absolute atomic E-state index is 13.1. The molecule has 0 aliphatic heterocycles. The van der Waals surface area contributed by atoms with Crippen LogP contribution >= 0.6 is 11.6 Å². The quantitative estimate of drug-likeness (QED) is 0.566. The summed E-state index contributed by atoms with van der Waals surface area (Å²) in [6.07, 6.45) is 0.263. The topological polar surface area (TPSA) is 101 Å². The van der Waals surface area contributed by atoms with Gasteiger partial charge in [0.15, 0.2) is 0 Å². The zero-order chi connectivity index (χ0) is 22.3. The van der Waals surface area contributed by atoms with Crippen LogP contribution in [-0.4, -0.2) is 30.3 Å². The van der Waals surface area contributed by atoms with E-state index < -0.39 is 29.7 Å². The zero-order valence-corrected chi connectivity index (χ0v) is 17.6. The van der Waals surface area contributed by atoms with Crippen LogP contribution in [0.4, 0.5) is 4.39 Å². The van der Waals surface area contributed by atoms with Crippen molar-refractivity contribution in [2.24, 2.45) is 17.6 Å². The van der Waals surface area contributed by atoms with Crippen molar-refractivity contribution in [3.8, 4) is 0 Å². The first-order valence-electron chi connectivity index (χ1n) is 9.55. The third kappa shape index (κ3) is 6.84. The second-order valence-corrected chi connectivity index (χ2v) is 7.81. The third-order valence-electron chi connectivity index (χ3n) is 4.66. The molecule has 0 fully saturated rings. The van der Waals surface area contributed by atoms with Crippen molar-refractivity contribution in [2.45, 2.75) is 26.3 Å². The van der Waals surface area contributed by atoms with Crippen LogP contribution in [0.1, 0.15) is 29.8 Å². The van der Waals surface area contributed by atoms with E-state index in [1.807, 2.05) is 0 Å². The minimum atomic E-state index is -0.799. The molecule has 160 valence electrons. The fourth-order valence-electron chi connectivity index (χ4n) is 2.87. The fraction of sp³-hybridized carbons (Fsp3) is 0.318. The molecule has 2 atom stereocenters. The Morgan fingerprint density at radius 2 is 1.63 bits per heavy atom. The molecular formula is C22H25ClFN3O3. The van der Waals surface area contributed by atoms with Crippen molar-refractivity contribution < 1.29 is 18.8 Å². The maximum Gasteiger partial charge on any atom is 0.251 e. The standard InChI is InChI=1S/C22H25ClFN3O3/c1-13(2)19(27-21(29)15-5-7-17(23)8-6-15)22(30)26-12-16(20(25)28)11-14-3-9-18(24)10-4-14/h3-10,13,16,19H,11-12H2,1-2H3,(H2,25,28)(H,26,30)(H,27,29)/t16-,19+/m1/s1. The molecule has 4 N–H and O–H groups in total. The molecule has 0 bridgehead atoms. The summed E-state index contributed by atoms with van der Waals surface area (Å²) in [6.45, 7) is 3.61. The predicted octanol–water partition coefficient (Wildman–Crippen LogP) is 2.69. The molecule has 2 rings (SSSR count). The zero-order valence-electron chi connectivity index (χ0n) is 16.8. The molecular weight excluding hydrogens is 409 g/mol. The van der Waals surface area contributed by atoms with E-state index >= 15 is 0 Å². The number of nitrogens with one attached hydrogen (secondary N) is 2. The molecule has 0 aromatic heterocycles. The van der Waals surface area contributed by atoms with Crippen LogP contribution in [-0.2, 0) is 16.0 Å². The van der Waals surface area contributed by atoms with Crippen LogP contribution in [0.3, 0.4) is 0 Å². The first kappa shape index (κ1) is 23.3. The Hall–Kier alpha value is -2.93. The summed E-state index contributed by atoms with van der Waals surface area (Å²) in [6, 6.07) is 11.2. The Bertz CT molecular complexity index is 886. The Morgan fingerprint density at radius 1 is 1.03 bits per heavy atom. The summed E-state index contributed by atoms with van der Waals surface area (Å²) in [5.41, 5.74) is 6.57. The number of nitrogens with two attached hydrogens (primary N) is 1. The van der Waals surface area contributed by atoms with Gasteiger partial charge in [0.25, 0.3) is 5.91 Å². The van der Waals surface area contributed by atoms with Gasteiger partial charge >= 0.3 is 0 Å². The summed E-state index contributed by atoms with van der Waals surface area (Å²) in [5.74, 6) is -2.63. The van der Waals surface area contributed by atoms with Gasteiger partial charge in [-0.05, 0) is 54.3 Å². The molecule has 2 aromatic carbocycles. The van der Waals surface area contributed by atoms with Crippen molar-refractivity contribution in [3.05, 3.63) is 70.5 Å². The lowest BCUT2D eigenvalue weighted by atomic mass is 9.97. The minimum Gasteiger partial charge on any atom is -0.369 e. The molecule has 0 aliphatic carbocycles. The molecule has 30 heavy (non-hydrogen) atoms. The molecule has 2 aromatic rings. The average Bonchev–Trinajstić information content (AvgIpc) is 2.70. The van der Waals surface area contributed by atoms with Crippen molar-refractivity contribution in [1.29, 1.82) is 0 Å². The molecule has 6 nitrogen and oxygen atoms in total. The van der Waals surface area contributed by atoms with Gasteiger partial charge in [-0.15, -0.1) is 0 Å². The van der Waals surface area contributed by atoms with E-state index in [0.717, 1.165) is 5.56 Å². The lowest BCUT2D eigenvalue weighted by Gasteiger charge is -2.23. The van der Waals surface area contributed by atoms with Gasteiger partial charge in [-0.25, -0.2) is 4.39 Å². The number of halogens is 2. The summed E-state index contributed by atoms with van der Waals surface area (Å²) >= 11 is 5.83. The van der Waals surface area contributed by atoms with Crippen LogP contribution in [0, 0.1) is 17.7 Å². The normalized spacial score (nSPS) is 12.8. The van der Waals surface area contributed by atoms with Gasteiger partial charge in [0.05, 0.1) is 5.92 Å². The molecule has 0 saturated heterocycles. The van der Waals surface area contributed by atoms with Gasteiger partial charge in [-0.1, -0.05) is 37.6 Å². The lowest BCUT2D eigenvalue weighted by molar-refractivity contribution is -0.125. The number of rotatable bonds is 9. The maximum atomic E-state index is 13.1. The van der Waals surface area contributed by atoms with Crippen molar-refractivity contribution in [3.63, 3.8) is 0 Å². The van der Waals surface area contributed by atoms with Crippen LogP contribution in [0.2, 0.25) is 5.02 Å². The SMILES string of the molecule is CC(C)[C@H](NC(=O)c1ccc(Cl)cc1)C(=O)NC[C@@H](Cc1ccc(F)cc1)C(N)=O. The van der Waals surface area contributed by atoms with E-state index in [2.05, 4.69) is 10.6 Å². The predicted molar refractivity (Wildman–Crippen MR) is 113 cm³/mol. The van der Waals surface area contributed by atoms with Crippen molar-refractivity contribution in [2.75, 3.05) is 6.54 Å². The number of hydrogen-bond acceptors (Lipinski definition) is 3. The molecule has 8 heteroatoms. The Kier molecular flexibility index (Phi) is 8.35. The van der Waals surface area contributed by atoms with E-state index in [-0.39, 0.29) is 24.7 Å². The Labute approximate surface area is 180 Å². The molecule has 0 unspecified atom stereocenters. The minimum absolute atomic E-state index is 0.00553. The van der Waals surface area contributed by atoms with Crippen LogP contribution < -0.4 is 16.4 Å². The average molecular weight is 434 g/mol. The molecule has 0 heterocycles. The van der Waals surface area contributed by atoms with Gasteiger partial charge in [0.1, 0.15) is 11.9 Å². The number of amides is 3. The first-order chi connectivity index (χ1) is 14.2. The van der Waals surface area contributed by atoms with Crippen LogP contribution in [0.15, 0.2) is 48.5 Å². The van der Waals surface area contributed by atoms with E-state index in [1.54, 1.807) is 50.2 Å². The van der Waals surface area contributed by atoms with Crippen LogP contribution in [0.5, 0.6) is 0 Å². The molecule has 0 saturated carbocycles. The smallest absolute Gasteiger partial charge is 0.251 e. The summed E-state index contributed by atoms with van der Waals surface area (Å²) in [7, 11) is 0. The number of primary amides is 1. The van der Waals surface area contributed by atoms with Gasteiger partial charge in [-0.2, -0.15) is 0 Å².